The zero-order valence-electron chi connectivity index (χ0n) is 16.5. The first-order valence-corrected chi connectivity index (χ1v) is 9.89. The van der Waals surface area contributed by atoms with E-state index in [4.69, 9.17) is 9.47 Å². The molecule has 3 unspecified atom stereocenters. The van der Waals surface area contributed by atoms with Gasteiger partial charge in [0.15, 0.2) is 6.79 Å². The summed E-state index contributed by atoms with van der Waals surface area (Å²) in [6.45, 7) is 3.80. The molecule has 1 aliphatic rings. The Labute approximate surface area is 166 Å². The van der Waals surface area contributed by atoms with Gasteiger partial charge in [-0.25, -0.2) is 0 Å². The summed E-state index contributed by atoms with van der Waals surface area (Å²) in [7, 11) is 0. The Hall–Kier alpha value is -1.92. The summed E-state index contributed by atoms with van der Waals surface area (Å²) in [5.41, 5.74) is 4.42. The lowest BCUT2D eigenvalue weighted by atomic mass is 9.93. The molecule has 5 nitrogen and oxygen atoms in total. The standard InChI is InChI=1S/C23H30O5/c1-15(2)18-6-3-16(4-7-18)9-17-5-8-22(27-14-25)21(10-17)23-12-19(26)11-20(13-24)28-23/h3-8,10,15,19-20,23-26H,9,11-14H2,1-2H3. The van der Waals surface area contributed by atoms with Crippen LogP contribution in [0.25, 0.3) is 0 Å². The Morgan fingerprint density at radius 2 is 1.75 bits per heavy atom. The second kappa shape index (κ2) is 9.52. The normalized spacial score (nSPS) is 22.4. The molecular formula is C23H30O5. The first kappa shape index (κ1) is 20.8. The molecule has 1 saturated heterocycles. The lowest BCUT2D eigenvalue weighted by Gasteiger charge is -2.33. The molecule has 0 saturated carbocycles. The van der Waals surface area contributed by atoms with Gasteiger partial charge < -0.3 is 24.8 Å². The van der Waals surface area contributed by atoms with Crippen LogP contribution >= 0.6 is 0 Å². The van der Waals surface area contributed by atoms with E-state index in [2.05, 4.69) is 38.1 Å². The molecular weight excluding hydrogens is 356 g/mol. The molecule has 2 aromatic rings. The van der Waals surface area contributed by atoms with Gasteiger partial charge in [0.05, 0.1) is 24.9 Å². The maximum Gasteiger partial charge on any atom is 0.186 e. The highest BCUT2D eigenvalue weighted by atomic mass is 16.6. The molecule has 28 heavy (non-hydrogen) atoms. The maximum atomic E-state index is 10.2. The van der Waals surface area contributed by atoms with Crippen molar-refractivity contribution in [1.82, 2.24) is 0 Å². The van der Waals surface area contributed by atoms with Gasteiger partial charge in [0.2, 0.25) is 0 Å². The monoisotopic (exact) mass is 386 g/mol. The first-order valence-electron chi connectivity index (χ1n) is 9.89. The van der Waals surface area contributed by atoms with E-state index in [0.717, 1.165) is 17.5 Å². The van der Waals surface area contributed by atoms with Crippen LogP contribution < -0.4 is 4.74 Å². The van der Waals surface area contributed by atoms with Gasteiger partial charge in [0.1, 0.15) is 5.75 Å². The topological polar surface area (TPSA) is 79.2 Å². The minimum atomic E-state index is -0.537. The predicted molar refractivity (Wildman–Crippen MR) is 107 cm³/mol. The van der Waals surface area contributed by atoms with Gasteiger partial charge in [-0.05, 0) is 41.2 Å². The van der Waals surface area contributed by atoms with Crippen LogP contribution in [0.5, 0.6) is 5.75 Å². The van der Waals surface area contributed by atoms with Crippen molar-refractivity contribution in [3.05, 3.63) is 64.7 Å². The molecule has 0 aliphatic carbocycles. The van der Waals surface area contributed by atoms with Crippen LogP contribution in [0.1, 0.15) is 61.0 Å². The third kappa shape index (κ3) is 5.11. The Kier molecular flexibility index (Phi) is 7.08. The van der Waals surface area contributed by atoms with Crippen LogP contribution in [0.15, 0.2) is 42.5 Å². The van der Waals surface area contributed by atoms with Crippen molar-refractivity contribution in [3.63, 3.8) is 0 Å². The third-order valence-corrected chi connectivity index (χ3v) is 5.28. The van der Waals surface area contributed by atoms with E-state index in [1.165, 1.54) is 11.1 Å². The van der Waals surface area contributed by atoms with Crippen molar-refractivity contribution >= 4 is 0 Å². The quantitative estimate of drug-likeness (QED) is 0.637. The molecule has 3 N–H and O–H groups in total. The van der Waals surface area contributed by atoms with E-state index in [1.807, 2.05) is 18.2 Å². The van der Waals surface area contributed by atoms with Gasteiger partial charge in [-0.2, -0.15) is 0 Å². The second-order valence-corrected chi connectivity index (χ2v) is 7.77. The van der Waals surface area contributed by atoms with Crippen LogP contribution in [0.4, 0.5) is 0 Å². The molecule has 152 valence electrons. The highest BCUT2D eigenvalue weighted by Gasteiger charge is 2.31. The SMILES string of the molecule is CC(C)c1ccc(Cc2ccc(OCO)c(C3CC(O)CC(CO)O3)c2)cc1. The molecule has 0 radical (unpaired) electrons. The lowest BCUT2D eigenvalue weighted by Crippen LogP contribution is -2.33. The van der Waals surface area contributed by atoms with Crippen LogP contribution in [0.3, 0.4) is 0 Å². The zero-order chi connectivity index (χ0) is 20.1. The molecule has 2 aromatic carbocycles. The number of aliphatic hydroxyl groups excluding tert-OH is 3. The van der Waals surface area contributed by atoms with Crippen molar-refractivity contribution in [3.8, 4) is 5.75 Å². The molecule has 0 bridgehead atoms. The summed E-state index contributed by atoms with van der Waals surface area (Å²) in [6.07, 6.45) is 0.304. The number of rotatable bonds is 7. The summed E-state index contributed by atoms with van der Waals surface area (Å²) in [5.74, 6) is 1.04. The molecule has 3 atom stereocenters. The number of aliphatic hydroxyl groups is 3. The minimum absolute atomic E-state index is 0.133. The maximum absolute atomic E-state index is 10.2. The molecule has 5 heteroatoms. The van der Waals surface area contributed by atoms with Gasteiger partial charge in [0.25, 0.3) is 0 Å². The summed E-state index contributed by atoms with van der Waals surface area (Å²) in [4.78, 5) is 0. The Balaban J connectivity index is 1.84. The van der Waals surface area contributed by atoms with Crippen molar-refractivity contribution in [2.24, 2.45) is 0 Å². The second-order valence-electron chi connectivity index (χ2n) is 7.77. The van der Waals surface area contributed by atoms with Crippen LogP contribution in [-0.4, -0.2) is 40.9 Å². The molecule has 0 aromatic heterocycles. The van der Waals surface area contributed by atoms with Crippen LogP contribution in [-0.2, 0) is 11.2 Å². The van der Waals surface area contributed by atoms with E-state index in [9.17, 15) is 15.3 Å². The Bertz CT molecular complexity index is 756. The van der Waals surface area contributed by atoms with Gasteiger partial charge >= 0.3 is 0 Å². The van der Waals surface area contributed by atoms with Crippen molar-refractivity contribution in [2.75, 3.05) is 13.4 Å². The van der Waals surface area contributed by atoms with Crippen LogP contribution in [0, 0.1) is 0 Å². The fourth-order valence-electron chi connectivity index (χ4n) is 3.72. The smallest absolute Gasteiger partial charge is 0.186 e. The molecule has 3 rings (SSSR count). The van der Waals surface area contributed by atoms with Crippen molar-refractivity contribution in [2.45, 2.75) is 57.3 Å². The van der Waals surface area contributed by atoms with E-state index in [0.29, 0.717) is 24.5 Å². The summed E-state index contributed by atoms with van der Waals surface area (Å²) >= 11 is 0. The lowest BCUT2D eigenvalue weighted by molar-refractivity contribution is -0.114. The number of ether oxygens (including phenoxy) is 2. The number of hydrogen-bond donors (Lipinski definition) is 3. The molecule has 0 spiro atoms. The first-order chi connectivity index (χ1) is 13.5. The van der Waals surface area contributed by atoms with E-state index in [1.54, 1.807) is 0 Å². The van der Waals surface area contributed by atoms with Gasteiger partial charge in [-0.15, -0.1) is 0 Å². The fourth-order valence-corrected chi connectivity index (χ4v) is 3.72. The Morgan fingerprint density at radius 3 is 2.39 bits per heavy atom. The molecule has 0 amide bonds. The fraction of sp³-hybridized carbons (Fsp3) is 0.478. The average molecular weight is 386 g/mol. The van der Waals surface area contributed by atoms with E-state index in [-0.39, 0.29) is 12.7 Å². The summed E-state index contributed by atoms with van der Waals surface area (Å²) < 4.78 is 11.3. The molecule has 1 heterocycles. The average Bonchev–Trinajstić information content (AvgIpc) is 2.69. The van der Waals surface area contributed by atoms with Crippen molar-refractivity contribution in [1.29, 1.82) is 0 Å². The van der Waals surface area contributed by atoms with Gasteiger partial charge in [-0.1, -0.05) is 44.2 Å². The highest BCUT2D eigenvalue weighted by Crippen LogP contribution is 2.37. The third-order valence-electron chi connectivity index (χ3n) is 5.28. The van der Waals surface area contributed by atoms with E-state index < -0.39 is 19.0 Å². The van der Waals surface area contributed by atoms with Crippen molar-refractivity contribution < 1.29 is 24.8 Å². The predicted octanol–water partition coefficient (Wildman–Crippen LogP) is 3.30. The van der Waals surface area contributed by atoms with Gasteiger partial charge in [0, 0.05) is 18.4 Å². The summed E-state index contributed by atoms with van der Waals surface area (Å²) in [6, 6.07) is 14.5. The highest BCUT2D eigenvalue weighted by molar-refractivity contribution is 5.41. The van der Waals surface area contributed by atoms with Crippen LogP contribution in [0.2, 0.25) is 0 Å². The number of benzene rings is 2. The number of hydrogen-bond acceptors (Lipinski definition) is 5. The summed E-state index contributed by atoms with van der Waals surface area (Å²) in [5, 5.41) is 28.8. The molecule has 1 aliphatic heterocycles. The van der Waals surface area contributed by atoms with E-state index >= 15 is 0 Å². The van der Waals surface area contributed by atoms with Gasteiger partial charge in [-0.3, -0.25) is 0 Å². The zero-order valence-corrected chi connectivity index (χ0v) is 16.5. The largest absolute Gasteiger partial charge is 0.467 e. The Morgan fingerprint density at radius 1 is 1.04 bits per heavy atom. The molecule has 1 fully saturated rings. The minimum Gasteiger partial charge on any atom is -0.467 e.